The SMILES string of the molecule is COC(=O)[C@H](C)c1ccc(N)c(F)c1. The van der Waals surface area contributed by atoms with Gasteiger partial charge in [0.1, 0.15) is 5.82 Å². The molecule has 0 saturated carbocycles. The van der Waals surface area contributed by atoms with Gasteiger partial charge in [-0.2, -0.15) is 0 Å². The molecule has 0 heterocycles. The minimum atomic E-state index is -0.516. The fourth-order valence-electron chi connectivity index (χ4n) is 1.13. The summed E-state index contributed by atoms with van der Waals surface area (Å²) in [5.41, 5.74) is 5.94. The van der Waals surface area contributed by atoms with Gasteiger partial charge in [0, 0.05) is 0 Å². The number of hydrogen-bond acceptors (Lipinski definition) is 3. The van der Waals surface area contributed by atoms with Crippen molar-refractivity contribution in [2.45, 2.75) is 12.8 Å². The first kappa shape index (κ1) is 10.5. The number of methoxy groups -OCH3 is 1. The lowest BCUT2D eigenvalue weighted by Crippen LogP contribution is -2.11. The van der Waals surface area contributed by atoms with Crippen LogP contribution in [0.4, 0.5) is 10.1 Å². The highest BCUT2D eigenvalue weighted by Crippen LogP contribution is 2.20. The van der Waals surface area contributed by atoms with Crippen LogP contribution >= 0.6 is 0 Å². The van der Waals surface area contributed by atoms with E-state index in [-0.39, 0.29) is 5.69 Å². The van der Waals surface area contributed by atoms with E-state index in [2.05, 4.69) is 4.74 Å². The predicted octanol–water partition coefficient (Wildman–Crippen LogP) is 1.68. The van der Waals surface area contributed by atoms with Gasteiger partial charge in [-0.1, -0.05) is 6.07 Å². The summed E-state index contributed by atoms with van der Waals surface area (Å²) in [5, 5.41) is 0. The van der Waals surface area contributed by atoms with Gasteiger partial charge in [0.2, 0.25) is 0 Å². The van der Waals surface area contributed by atoms with E-state index in [1.165, 1.54) is 19.2 Å². The zero-order valence-electron chi connectivity index (χ0n) is 8.08. The van der Waals surface area contributed by atoms with Gasteiger partial charge in [-0.25, -0.2) is 4.39 Å². The average molecular weight is 197 g/mol. The first-order valence-corrected chi connectivity index (χ1v) is 4.19. The molecule has 14 heavy (non-hydrogen) atoms. The van der Waals surface area contributed by atoms with E-state index in [0.717, 1.165) is 0 Å². The van der Waals surface area contributed by atoms with Crippen LogP contribution in [0.1, 0.15) is 18.4 Å². The molecule has 0 bridgehead atoms. The van der Waals surface area contributed by atoms with Crippen molar-refractivity contribution in [2.24, 2.45) is 0 Å². The molecule has 1 rings (SSSR count). The van der Waals surface area contributed by atoms with Crippen molar-refractivity contribution < 1.29 is 13.9 Å². The smallest absolute Gasteiger partial charge is 0.312 e. The summed E-state index contributed by atoms with van der Waals surface area (Å²) in [6, 6.07) is 4.29. The fraction of sp³-hybridized carbons (Fsp3) is 0.300. The van der Waals surface area contributed by atoms with Crippen LogP contribution < -0.4 is 5.73 Å². The van der Waals surface area contributed by atoms with E-state index >= 15 is 0 Å². The number of benzene rings is 1. The van der Waals surface area contributed by atoms with Gasteiger partial charge in [0.25, 0.3) is 0 Å². The Balaban J connectivity index is 2.96. The van der Waals surface area contributed by atoms with Crippen LogP contribution in [0.3, 0.4) is 0 Å². The first-order chi connectivity index (χ1) is 6.56. The Kier molecular flexibility index (Phi) is 3.06. The van der Waals surface area contributed by atoms with Crippen molar-refractivity contribution in [1.29, 1.82) is 0 Å². The molecule has 1 aromatic carbocycles. The van der Waals surface area contributed by atoms with Crippen LogP contribution in [0.15, 0.2) is 18.2 Å². The van der Waals surface area contributed by atoms with Crippen LogP contribution in [0.5, 0.6) is 0 Å². The molecular weight excluding hydrogens is 185 g/mol. The van der Waals surface area contributed by atoms with E-state index in [1.807, 2.05) is 0 Å². The molecule has 2 N–H and O–H groups in total. The minimum absolute atomic E-state index is 0.0748. The summed E-state index contributed by atoms with van der Waals surface area (Å²) in [6.07, 6.45) is 0. The van der Waals surface area contributed by atoms with Crippen molar-refractivity contribution in [3.05, 3.63) is 29.6 Å². The molecule has 0 aliphatic heterocycles. The highest BCUT2D eigenvalue weighted by Gasteiger charge is 2.16. The lowest BCUT2D eigenvalue weighted by atomic mass is 10.0. The maximum atomic E-state index is 13.0. The largest absolute Gasteiger partial charge is 0.469 e. The first-order valence-electron chi connectivity index (χ1n) is 4.19. The van der Waals surface area contributed by atoms with Gasteiger partial charge in [-0.05, 0) is 24.6 Å². The molecule has 3 nitrogen and oxygen atoms in total. The highest BCUT2D eigenvalue weighted by atomic mass is 19.1. The zero-order chi connectivity index (χ0) is 10.7. The van der Waals surface area contributed by atoms with Gasteiger partial charge in [-0.3, -0.25) is 4.79 Å². The van der Waals surface area contributed by atoms with Gasteiger partial charge in [-0.15, -0.1) is 0 Å². The second-order valence-corrected chi connectivity index (χ2v) is 3.03. The Bertz CT molecular complexity index is 352. The third-order valence-electron chi connectivity index (χ3n) is 2.08. The molecule has 0 saturated heterocycles. The highest BCUT2D eigenvalue weighted by molar-refractivity contribution is 5.77. The van der Waals surface area contributed by atoms with Crippen molar-refractivity contribution in [1.82, 2.24) is 0 Å². The Morgan fingerprint density at radius 1 is 1.57 bits per heavy atom. The second kappa shape index (κ2) is 4.09. The maximum absolute atomic E-state index is 13.0. The molecule has 1 aromatic rings. The summed E-state index contributed by atoms with van der Waals surface area (Å²) in [6.45, 7) is 1.65. The third kappa shape index (κ3) is 2.02. The van der Waals surface area contributed by atoms with Crippen LogP contribution in [0, 0.1) is 5.82 Å². The Morgan fingerprint density at radius 3 is 2.71 bits per heavy atom. The number of anilines is 1. The predicted molar refractivity (Wildman–Crippen MR) is 51.2 cm³/mol. The van der Waals surface area contributed by atoms with Gasteiger partial charge in [0.05, 0.1) is 18.7 Å². The second-order valence-electron chi connectivity index (χ2n) is 3.03. The van der Waals surface area contributed by atoms with Gasteiger partial charge < -0.3 is 10.5 Å². The quantitative estimate of drug-likeness (QED) is 0.579. The number of rotatable bonds is 2. The topological polar surface area (TPSA) is 52.3 Å². The van der Waals surface area contributed by atoms with E-state index in [9.17, 15) is 9.18 Å². The number of hydrogen-bond donors (Lipinski definition) is 1. The minimum Gasteiger partial charge on any atom is -0.469 e. The summed E-state index contributed by atoms with van der Waals surface area (Å²) in [4.78, 5) is 11.1. The number of nitrogen functional groups attached to an aromatic ring is 1. The van der Waals surface area contributed by atoms with Crippen molar-refractivity contribution in [2.75, 3.05) is 12.8 Å². The lowest BCUT2D eigenvalue weighted by molar-refractivity contribution is -0.141. The molecule has 0 amide bonds. The van der Waals surface area contributed by atoms with Crippen LogP contribution in [-0.2, 0) is 9.53 Å². The molecule has 0 spiro atoms. The van der Waals surface area contributed by atoms with E-state index < -0.39 is 17.7 Å². The molecule has 0 aromatic heterocycles. The monoisotopic (exact) mass is 197 g/mol. The van der Waals surface area contributed by atoms with Crippen molar-refractivity contribution >= 4 is 11.7 Å². The zero-order valence-corrected chi connectivity index (χ0v) is 8.08. The fourth-order valence-corrected chi connectivity index (χ4v) is 1.13. The Hall–Kier alpha value is -1.58. The molecule has 0 unspecified atom stereocenters. The van der Waals surface area contributed by atoms with E-state index in [4.69, 9.17) is 5.73 Å². The molecule has 76 valence electrons. The summed E-state index contributed by atoms with van der Waals surface area (Å²) in [5.74, 6) is -1.39. The molecule has 0 aliphatic rings. The summed E-state index contributed by atoms with van der Waals surface area (Å²) >= 11 is 0. The van der Waals surface area contributed by atoms with Gasteiger partial charge >= 0.3 is 5.97 Å². The van der Waals surface area contributed by atoms with Crippen molar-refractivity contribution in [3.8, 4) is 0 Å². The van der Waals surface area contributed by atoms with Gasteiger partial charge in [0.15, 0.2) is 0 Å². The molecular formula is C10H12FNO2. The Labute approximate surface area is 81.7 Å². The average Bonchev–Trinajstić information content (AvgIpc) is 2.20. The molecule has 1 atom stereocenters. The molecule has 0 radical (unpaired) electrons. The third-order valence-corrected chi connectivity index (χ3v) is 2.08. The van der Waals surface area contributed by atoms with Crippen LogP contribution in [0.2, 0.25) is 0 Å². The number of halogens is 1. The number of carbonyl (C=O) groups excluding carboxylic acids is 1. The maximum Gasteiger partial charge on any atom is 0.312 e. The van der Waals surface area contributed by atoms with Crippen LogP contribution in [0.25, 0.3) is 0 Å². The Morgan fingerprint density at radius 2 is 2.21 bits per heavy atom. The molecule has 0 aliphatic carbocycles. The number of carbonyl (C=O) groups is 1. The molecule has 4 heteroatoms. The van der Waals surface area contributed by atoms with E-state index in [1.54, 1.807) is 13.0 Å². The summed E-state index contributed by atoms with van der Waals surface area (Å²) in [7, 11) is 1.30. The lowest BCUT2D eigenvalue weighted by Gasteiger charge is -2.09. The van der Waals surface area contributed by atoms with E-state index in [0.29, 0.717) is 5.56 Å². The number of nitrogens with two attached hydrogens (primary N) is 1. The summed E-state index contributed by atoms with van der Waals surface area (Å²) < 4.78 is 17.6. The number of ether oxygens (including phenoxy) is 1. The standard InChI is InChI=1S/C10H12FNO2/c1-6(10(13)14-2)7-3-4-9(12)8(11)5-7/h3-6H,12H2,1-2H3/t6-/m1/s1. The van der Waals surface area contributed by atoms with Crippen LogP contribution in [-0.4, -0.2) is 13.1 Å². The van der Waals surface area contributed by atoms with Crippen molar-refractivity contribution in [3.63, 3.8) is 0 Å². The molecule has 0 fully saturated rings. The normalized spacial score (nSPS) is 12.2. The number of esters is 1.